The highest BCUT2D eigenvalue weighted by atomic mass is 35.5. The first-order chi connectivity index (χ1) is 10.5. The summed E-state index contributed by atoms with van der Waals surface area (Å²) < 4.78 is 1.53. The molecule has 0 radical (unpaired) electrons. The number of benzene rings is 1. The van der Waals surface area contributed by atoms with E-state index >= 15 is 0 Å². The first-order valence-corrected chi connectivity index (χ1v) is 7.74. The summed E-state index contributed by atoms with van der Waals surface area (Å²) in [6.45, 7) is 4.02. The maximum absolute atomic E-state index is 6.37. The molecule has 8 heteroatoms. The Labute approximate surface area is 142 Å². The van der Waals surface area contributed by atoms with Gasteiger partial charge in [-0.15, -0.1) is 5.10 Å². The fraction of sp³-hybridized carbons (Fsp3) is 0.214. The topological polar surface area (TPSA) is 55.1 Å². The monoisotopic (exact) mass is 355 g/mol. The summed E-state index contributed by atoms with van der Waals surface area (Å²) >= 11 is 18.6. The SMILES string of the molecule is CC(C)Nc1c(-c2ccccc2Cl)c(Cl)nc2nc(Cl)nn12. The Hall–Kier alpha value is -1.56. The number of aromatic nitrogens is 4. The molecular weight excluding hydrogens is 345 g/mol. The van der Waals surface area contributed by atoms with Gasteiger partial charge in [-0.25, -0.2) is 0 Å². The van der Waals surface area contributed by atoms with E-state index < -0.39 is 0 Å². The van der Waals surface area contributed by atoms with Crippen LogP contribution in [-0.4, -0.2) is 25.6 Å². The van der Waals surface area contributed by atoms with Gasteiger partial charge in [0.15, 0.2) is 0 Å². The number of fused-ring (bicyclic) bond motifs is 1. The number of hydrogen-bond acceptors (Lipinski definition) is 4. The molecule has 0 spiro atoms. The van der Waals surface area contributed by atoms with Crippen LogP contribution in [0.15, 0.2) is 24.3 Å². The molecule has 0 unspecified atom stereocenters. The average Bonchev–Trinajstić information content (AvgIpc) is 2.80. The molecule has 3 aromatic rings. The summed E-state index contributed by atoms with van der Waals surface area (Å²) in [5, 5.41) is 8.44. The zero-order chi connectivity index (χ0) is 15.9. The molecule has 0 fully saturated rings. The summed E-state index contributed by atoms with van der Waals surface area (Å²) in [7, 11) is 0. The first-order valence-electron chi connectivity index (χ1n) is 6.60. The normalized spacial score (nSPS) is 11.4. The lowest BCUT2D eigenvalue weighted by Gasteiger charge is -2.17. The summed E-state index contributed by atoms with van der Waals surface area (Å²) in [4.78, 5) is 8.30. The Morgan fingerprint density at radius 3 is 2.50 bits per heavy atom. The van der Waals surface area contributed by atoms with Crippen LogP contribution >= 0.6 is 34.8 Å². The van der Waals surface area contributed by atoms with Crippen molar-refractivity contribution in [1.29, 1.82) is 0 Å². The molecule has 2 heterocycles. The largest absolute Gasteiger partial charge is 0.367 e. The minimum absolute atomic E-state index is 0.103. The van der Waals surface area contributed by atoms with Gasteiger partial charge in [0.25, 0.3) is 5.78 Å². The van der Waals surface area contributed by atoms with E-state index in [0.717, 1.165) is 5.56 Å². The van der Waals surface area contributed by atoms with E-state index in [0.29, 0.717) is 22.2 Å². The minimum Gasteiger partial charge on any atom is -0.367 e. The number of halogens is 3. The fourth-order valence-corrected chi connectivity index (χ4v) is 2.81. The number of hydrogen-bond donors (Lipinski definition) is 1. The zero-order valence-corrected chi connectivity index (χ0v) is 14.1. The van der Waals surface area contributed by atoms with Gasteiger partial charge in [0.05, 0.1) is 5.56 Å². The van der Waals surface area contributed by atoms with Gasteiger partial charge in [-0.3, -0.25) is 0 Å². The summed E-state index contributed by atoms with van der Waals surface area (Å²) in [6, 6.07) is 7.56. The van der Waals surface area contributed by atoms with Crippen LogP contribution in [0.2, 0.25) is 15.5 Å². The second kappa shape index (κ2) is 5.91. The van der Waals surface area contributed by atoms with E-state index in [1.165, 1.54) is 4.52 Å². The van der Waals surface area contributed by atoms with E-state index in [2.05, 4.69) is 20.4 Å². The first kappa shape index (κ1) is 15.3. The van der Waals surface area contributed by atoms with Gasteiger partial charge in [-0.1, -0.05) is 41.4 Å². The van der Waals surface area contributed by atoms with E-state index in [1.807, 2.05) is 32.0 Å². The van der Waals surface area contributed by atoms with Crippen LogP contribution in [0.1, 0.15) is 13.8 Å². The fourth-order valence-electron chi connectivity index (χ4n) is 2.16. The highest BCUT2D eigenvalue weighted by Gasteiger charge is 2.20. The lowest BCUT2D eigenvalue weighted by molar-refractivity contribution is 0.852. The summed E-state index contributed by atoms with van der Waals surface area (Å²) in [6.07, 6.45) is 0. The van der Waals surface area contributed by atoms with Gasteiger partial charge in [-0.05, 0) is 31.5 Å². The second-order valence-corrected chi connectivity index (χ2v) is 6.10. The molecule has 5 nitrogen and oxygen atoms in total. The molecule has 0 bridgehead atoms. The maximum atomic E-state index is 6.37. The van der Waals surface area contributed by atoms with Crippen LogP contribution in [0.5, 0.6) is 0 Å². The molecule has 1 aromatic carbocycles. The predicted octanol–water partition coefficient (Wildman–Crippen LogP) is 4.57. The van der Waals surface area contributed by atoms with Crippen molar-refractivity contribution in [2.45, 2.75) is 19.9 Å². The Bertz CT molecular complexity index is 844. The Balaban J connectivity index is 2.37. The van der Waals surface area contributed by atoms with Gasteiger partial charge >= 0.3 is 0 Å². The van der Waals surface area contributed by atoms with Crippen molar-refractivity contribution >= 4 is 46.4 Å². The van der Waals surface area contributed by atoms with Crippen LogP contribution in [0.3, 0.4) is 0 Å². The third-order valence-corrected chi connectivity index (χ3v) is 3.75. The number of nitrogens with zero attached hydrogens (tertiary/aromatic N) is 4. The number of nitrogens with one attached hydrogen (secondary N) is 1. The molecule has 2 aromatic heterocycles. The molecule has 1 N–H and O–H groups in total. The molecule has 0 atom stereocenters. The third kappa shape index (κ3) is 2.72. The van der Waals surface area contributed by atoms with Crippen molar-refractivity contribution in [3.63, 3.8) is 0 Å². The standard InChI is InChI=1S/C14H12Cl3N5/c1-7(2)18-12-10(8-5-3-4-6-9(8)15)11(16)19-14-20-13(17)21-22(12)14/h3-7,18H,1-2H3. The smallest absolute Gasteiger partial charge is 0.256 e. The second-order valence-electron chi connectivity index (χ2n) is 5.00. The van der Waals surface area contributed by atoms with E-state index in [4.69, 9.17) is 34.8 Å². The molecule has 3 rings (SSSR count). The summed E-state index contributed by atoms with van der Waals surface area (Å²) in [5.74, 6) is 0.978. The zero-order valence-electron chi connectivity index (χ0n) is 11.8. The van der Waals surface area contributed by atoms with Crippen LogP contribution in [0.25, 0.3) is 16.9 Å². The molecule has 0 saturated heterocycles. The van der Waals surface area contributed by atoms with E-state index in [-0.39, 0.29) is 16.5 Å². The van der Waals surface area contributed by atoms with Gasteiger partial charge < -0.3 is 5.32 Å². The highest BCUT2D eigenvalue weighted by molar-refractivity contribution is 6.36. The van der Waals surface area contributed by atoms with Crippen molar-refractivity contribution in [2.24, 2.45) is 0 Å². The predicted molar refractivity (Wildman–Crippen MR) is 90.0 cm³/mol. The molecule has 0 saturated carbocycles. The van der Waals surface area contributed by atoms with Crippen molar-refractivity contribution in [3.8, 4) is 11.1 Å². The van der Waals surface area contributed by atoms with Crippen LogP contribution in [0.4, 0.5) is 5.82 Å². The quantitative estimate of drug-likeness (QED) is 0.698. The maximum Gasteiger partial charge on any atom is 0.256 e. The molecule has 0 aliphatic rings. The lowest BCUT2D eigenvalue weighted by Crippen LogP contribution is -2.15. The highest BCUT2D eigenvalue weighted by Crippen LogP contribution is 2.38. The lowest BCUT2D eigenvalue weighted by atomic mass is 10.1. The number of rotatable bonds is 3. The van der Waals surface area contributed by atoms with Gasteiger partial charge in [0.2, 0.25) is 5.28 Å². The van der Waals surface area contributed by atoms with Crippen molar-refractivity contribution in [3.05, 3.63) is 39.7 Å². The van der Waals surface area contributed by atoms with Crippen LogP contribution < -0.4 is 5.32 Å². The van der Waals surface area contributed by atoms with Gasteiger partial charge in [-0.2, -0.15) is 14.5 Å². The van der Waals surface area contributed by atoms with Crippen LogP contribution in [0, 0.1) is 0 Å². The Kier molecular flexibility index (Phi) is 4.12. The third-order valence-electron chi connectivity index (χ3n) is 2.99. The molecule has 22 heavy (non-hydrogen) atoms. The van der Waals surface area contributed by atoms with Crippen LogP contribution in [-0.2, 0) is 0 Å². The Morgan fingerprint density at radius 1 is 1.09 bits per heavy atom. The van der Waals surface area contributed by atoms with Gasteiger partial charge in [0.1, 0.15) is 11.0 Å². The molecule has 0 amide bonds. The number of anilines is 1. The van der Waals surface area contributed by atoms with E-state index in [9.17, 15) is 0 Å². The van der Waals surface area contributed by atoms with Crippen molar-refractivity contribution in [1.82, 2.24) is 19.6 Å². The van der Waals surface area contributed by atoms with Gasteiger partial charge in [0, 0.05) is 16.6 Å². The minimum atomic E-state index is 0.103. The average molecular weight is 357 g/mol. The van der Waals surface area contributed by atoms with Crippen molar-refractivity contribution < 1.29 is 0 Å². The van der Waals surface area contributed by atoms with E-state index in [1.54, 1.807) is 6.07 Å². The molecular formula is C14H12Cl3N5. The molecule has 0 aliphatic carbocycles. The molecule has 114 valence electrons. The summed E-state index contributed by atoms with van der Waals surface area (Å²) in [5.41, 5.74) is 1.42. The van der Waals surface area contributed by atoms with Crippen molar-refractivity contribution in [2.75, 3.05) is 5.32 Å². The Morgan fingerprint density at radius 2 is 1.82 bits per heavy atom. The molecule has 0 aliphatic heterocycles.